The summed E-state index contributed by atoms with van der Waals surface area (Å²) in [4.78, 5) is 11.3. The lowest BCUT2D eigenvalue weighted by molar-refractivity contribution is -0.395. The number of alkyl halides is 6. The normalized spacial score (nSPS) is 20.4. The Kier molecular flexibility index (Phi) is 3.62. The fourth-order valence-corrected chi connectivity index (χ4v) is 2.08. The van der Waals surface area contributed by atoms with Crippen LogP contribution in [0.2, 0.25) is 0 Å². The topological polar surface area (TPSA) is 29.5 Å². The summed E-state index contributed by atoms with van der Waals surface area (Å²) in [7, 11) is 0.515. The van der Waals surface area contributed by atoms with Crippen molar-refractivity contribution in [3.8, 4) is 0 Å². The number of likely N-dealkylation sites (N-methyl/N-ethyl adjacent to an activating group) is 1. The number of carbonyl (C=O) groups is 1. The monoisotopic (exact) mass is 325 g/mol. The van der Waals surface area contributed by atoms with Gasteiger partial charge >= 0.3 is 24.0 Å². The van der Waals surface area contributed by atoms with Crippen molar-refractivity contribution < 1.29 is 35.9 Å². The smallest absolute Gasteiger partial charge is 0.416 e. The van der Waals surface area contributed by atoms with E-state index in [0.29, 0.717) is 7.05 Å². The van der Waals surface area contributed by atoms with Crippen molar-refractivity contribution in [1.29, 1.82) is 0 Å². The van der Waals surface area contributed by atoms with E-state index in [-0.39, 0.29) is 10.5 Å². The van der Waals surface area contributed by atoms with Gasteiger partial charge in [0.1, 0.15) is 5.70 Å². The van der Waals surface area contributed by atoms with Gasteiger partial charge in [0, 0.05) is 7.05 Å². The van der Waals surface area contributed by atoms with Crippen molar-refractivity contribution in [2.75, 3.05) is 7.05 Å². The van der Waals surface area contributed by atoms with Gasteiger partial charge in [0.25, 0.3) is 0 Å². The predicted molar refractivity (Wildman–Crippen MR) is 63.1 cm³/mol. The van der Waals surface area contributed by atoms with Crippen LogP contribution in [-0.4, -0.2) is 36.0 Å². The molecular weight excluding hydrogens is 316 g/mol. The first kappa shape index (κ1) is 16.2. The number of hydrogen-bond donors (Lipinski definition) is 0. The average Bonchev–Trinajstić information content (AvgIpc) is 2.64. The van der Waals surface area contributed by atoms with E-state index in [1.165, 1.54) is 24.3 Å². The summed E-state index contributed by atoms with van der Waals surface area (Å²) >= 11 is 0. The van der Waals surface area contributed by atoms with E-state index in [2.05, 4.69) is 4.74 Å². The molecule has 1 saturated heterocycles. The zero-order valence-electron chi connectivity index (χ0n) is 11.0. The molecule has 1 aliphatic rings. The highest BCUT2D eigenvalue weighted by Crippen LogP contribution is 2.52. The zero-order chi connectivity index (χ0) is 16.8. The van der Waals surface area contributed by atoms with Gasteiger partial charge in [0.15, 0.2) is 0 Å². The lowest BCUT2D eigenvalue weighted by atomic mass is 10.1. The van der Waals surface area contributed by atoms with Gasteiger partial charge in [-0.3, -0.25) is 0 Å². The number of halogens is 6. The number of cyclic esters (lactones) is 1. The Morgan fingerprint density at radius 2 is 1.55 bits per heavy atom. The van der Waals surface area contributed by atoms with Crippen LogP contribution in [0.5, 0.6) is 0 Å². The van der Waals surface area contributed by atoms with Gasteiger partial charge in [-0.1, -0.05) is 30.3 Å². The highest BCUT2D eigenvalue weighted by molar-refractivity contribution is 5.95. The number of ether oxygens (including phenoxy) is 1. The molecule has 0 atom stereocenters. The first-order valence-corrected chi connectivity index (χ1v) is 5.88. The molecule has 1 aliphatic heterocycles. The maximum Gasteiger partial charge on any atom is 0.458 e. The third-order valence-electron chi connectivity index (χ3n) is 3.15. The molecule has 0 aliphatic carbocycles. The minimum atomic E-state index is -5.85. The van der Waals surface area contributed by atoms with Crippen molar-refractivity contribution in [1.82, 2.24) is 4.90 Å². The second kappa shape index (κ2) is 4.92. The summed E-state index contributed by atoms with van der Waals surface area (Å²) in [6, 6.07) is 7.50. The van der Waals surface area contributed by atoms with Gasteiger partial charge < -0.3 is 9.64 Å². The molecule has 0 amide bonds. The summed E-state index contributed by atoms with van der Waals surface area (Å²) < 4.78 is 81.6. The summed E-state index contributed by atoms with van der Waals surface area (Å²) in [6.45, 7) is 0. The van der Waals surface area contributed by atoms with Gasteiger partial charge in [-0.25, -0.2) is 4.79 Å². The second-order valence-electron chi connectivity index (χ2n) is 4.53. The van der Waals surface area contributed by atoms with E-state index < -0.39 is 29.7 Å². The average molecular weight is 325 g/mol. The van der Waals surface area contributed by atoms with Crippen LogP contribution < -0.4 is 0 Å². The van der Waals surface area contributed by atoms with E-state index in [1.807, 2.05) is 0 Å². The van der Waals surface area contributed by atoms with Crippen LogP contribution in [0.25, 0.3) is 6.08 Å². The molecule has 120 valence electrons. The van der Waals surface area contributed by atoms with Gasteiger partial charge in [0.05, 0.1) is 0 Å². The third kappa shape index (κ3) is 2.30. The molecule has 1 fully saturated rings. The van der Waals surface area contributed by atoms with E-state index >= 15 is 0 Å². The van der Waals surface area contributed by atoms with Gasteiger partial charge in [-0.2, -0.15) is 26.3 Å². The fourth-order valence-electron chi connectivity index (χ4n) is 2.08. The van der Waals surface area contributed by atoms with Crippen LogP contribution in [0.4, 0.5) is 26.3 Å². The van der Waals surface area contributed by atoms with Crippen molar-refractivity contribution in [2.24, 2.45) is 0 Å². The van der Waals surface area contributed by atoms with Crippen LogP contribution in [0, 0.1) is 0 Å². The first-order chi connectivity index (χ1) is 10.0. The molecule has 0 N–H and O–H groups in total. The van der Waals surface area contributed by atoms with E-state index in [9.17, 15) is 31.1 Å². The molecule has 22 heavy (non-hydrogen) atoms. The maximum atomic E-state index is 13.0. The summed E-state index contributed by atoms with van der Waals surface area (Å²) in [5.74, 6) is -1.69. The first-order valence-electron chi connectivity index (χ1n) is 5.88. The molecule has 0 saturated carbocycles. The minimum absolute atomic E-state index is 0.234. The highest BCUT2D eigenvalue weighted by Gasteiger charge is 2.80. The Balaban J connectivity index is 2.56. The molecule has 0 bridgehead atoms. The summed E-state index contributed by atoms with van der Waals surface area (Å²) in [5.41, 5.74) is -5.25. The molecule has 9 heteroatoms. The van der Waals surface area contributed by atoms with E-state index in [1.54, 1.807) is 6.07 Å². The number of carbonyl (C=O) groups excluding carboxylic acids is 1. The number of esters is 1. The Morgan fingerprint density at radius 1 is 1.05 bits per heavy atom. The summed E-state index contributed by atoms with van der Waals surface area (Å²) in [6.07, 6.45) is -10.8. The molecule has 0 radical (unpaired) electrons. The number of benzene rings is 1. The molecular formula is C13H9F6NO2. The molecule has 3 nitrogen and oxygen atoms in total. The van der Waals surface area contributed by atoms with Crippen molar-refractivity contribution in [2.45, 2.75) is 18.1 Å². The maximum absolute atomic E-state index is 13.0. The lowest BCUT2D eigenvalue weighted by Gasteiger charge is -2.36. The molecule has 1 aromatic carbocycles. The molecule has 1 aromatic rings. The fraction of sp³-hybridized carbons (Fsp3) is 0.308. The Hall–Kier alpha value is -2.19. The number of nitrogens with zero attached hydrogens (tertiary/aromatic N) is 1. The van der Waals surface area contributed by atoms with Gasteiger partial charge in [-0.15, -0.1) is 0 Å². The molecule has 0 aromatic heterocycles. The highest BCUT2D eigenvalue weighted by atomic mass is 19.4. The summed E-state index contributed by atoms with van der Waals surface area (Å²) in [5, 5.41) is 0. The van der Waals surface area contributed by atoms with Gasteiger partial charge in [-0.05, 0) is 11.6 Å². The molecule has 1 heterocycles. The lowest BCUT2D eigenvalue weighted by Crippen LogP contribution is -2.64. The largest absolute Gasteiger partial charge is 0.458 e. The van der Waals surface area contributed by atoms with Crippen LogP contribution in [0.1, 0.15) is 5.56 Å². The van der Waals surface area contributed by atoms with Crippen LogP contribution in [0.15, 0.2) is 36.0 Å². The minimum Gasteiger partial charge on any atom is -0.416 e. The van der Waals surface area contributed by atoms with Crippen LogP contribution in [0.3, 0.4) is 0 Å². The Bertz CT molecular complexity index is 591. The molecule has 0 unspecified atom stereocenters. The number of hydrogen-bond acceptors (Lipinski definition) is 3. The SMILES string of the molecule is CN1/C(=C/c2ccccc2)C(=O)OC1(C(F)(F)F)C(F)(F)F. The van der Waals surface area contributed by atoms with Crippen molar-refractivity contribution >= 4 is 12.0 Å². The zero-order valence-corrected chi connectivity index (χ0v) is 11.0. The quantitative estimate of drug-likeness (QED) is 0.451. The van der Waals surface area contributed by atoms with Crippen molar-refractivity contribution in [3.05, 3.63) is 41.6 Å². The predicted octanol–water partition coefficient (Wildman–Crippen LogP) is 3.34. The van der Waals surface area contributed by atoms with Crippen molar-refractivity contribution in [3.63, 3.8) is 0 Å². The molecule has 0 spiro atoms. The second-order valence-corrected chi connectivity index (χ2v) is 4.53. The third-order valence-corrected chi connectivity index (χ3v) is 3.15. The Labute approximate surface area is 120 Å². The molecule has 2 rings (SSSR count). The van der Waals surface area contributed by atoms with Crippen LogP contribution >= 0.6 is 0 Å². The van der Waals surface area contributed by atoms with E-state index in [4.69, 9.17) is 0 Å². The van der Waals surface area contributed by atoms with Gasteiger partial charge in [0.2, 0.25) is 0 Å². The standard InChI is InChI=1S/C13H9F6NO2/c1-20-9(7-8-5-3-2-4-6-8)10(21)22-11(20,12(14,15)16)13(17,18)19/h2-7H,1H3/b9-7+. The number of rotatable bonds is 1. The van der Waals surface area contributed by atoms with Crippen LogP contribution in [-0.2, 0) is 9.53 Å². The Morgan fingerprint density at radius 3 is 1.95 bits per heavy atom. The van der Waals surface area contributed by atoms with E-state index in [0.717, 1.165) is 6.08 Å².